The quantitative estimate of drug-likeness (QED) is 0.288. The topological polar surface area (TPSA) is 80.0 Å². The molecule has 7 nitrogen and oxygen atoms in total. The summed E-state index contributed by atoms with van der Waals surface area (Å²) in [5.41, 5.74) is 5.12. The summed E-state index contributed by atoms with van der Waals surface area (Å²) < 4.78 is 21.4. The first-order valence-electron chi connectivity index (χ1n) is 13.9. The monoisotopic (exact) mass is 542 g/mol. The van der Waals surface area contributed by atoms with Gasteiger partial charge in [0.15, 0.2) is 11.8 Å². The van der Waals surface area contributed by atoms with Crippen molar-refractivity contribution in [1.82, 2.24) is 14.6 Å². The van der Waals surface area contributed by atoms with Crippen LogP contribution in [0.15, 0.2) is 54.6 Å². The van der Waals surface area contributed by atoms with Crippen LogP contribution >= 0.6 is 0 Å². The third kappa shape index (κ3) is 5.08. The molecule has 4 aromatic rings. The smallest absolute Gasteiger partial charge is 0.337 e. The Balaban J connectivity index is 1.49. The van der Waals surface area contributed by atoms with Crippen LogP contribution in [0.1, 0.15) is 63.8 Å². The summed E-state index contributed by atoms with van der Waals surface area (Å²) in [4.78, 5) is 19.7. The van der Waals surface area contributed by atoms with Crippen LogP contribution in [0.2, 0.25) is 0 Å². The van der Waals surface area contributed by atoms with E-state index in [4.69, 9.17) is 14.8 Å². The zero-order valence-corrected chi connectivity index (χ0v) is 23.4. The number of halogens is 1. The molecule has 0 bridgehead atoms. The zero-order chi connectivity index (χ0) is 28.2. The zero-order valence-electron chi connectivity index (χ0n) is 23.4. The van der Waals surface area contributed by atoms with Crippen molar-refractivity contribution in [2.45, 2.75) is 65.1 Å². The van der Waals surface area contributed by atoms with Crippen molar-refractivity contribution >= 4 is 17.4 Å². The molecule has 1 N–H and O–H groups in total. The lowest BCUT2D eigenvalue weighted by atomic mass is 9.93. The molecule has 0 amide bonds. The van der Waals surface area contributed by atoms with Crippen LogP contribution in [0, 0.1) is 18.2 Å². The minimum Gasteiger partial charge on any atom is -0.479 e. The Labute approximate surface area is 233 Å². The van der Waals surface area contributed by atoms with Gasteiger partial charge in [0.25, 0.3) is 0 Å². The molecule has 1 spiro atoms. The molecule has 0 radical (unpaired) electrons. The van der Waals surface area contributed by atoms with E-state index in [-0.39, 0.29) is 5.82 Å². The minimum atomic E-state index is -1.18. The van der Waals surface area contributed by atoms with Crippen molar-refractivity contribution in [2.75, 3.05) is 18.0 Å². The molecule has 0 unspecified atom stereocenters. The van der Waals surface area contributed by atoms with Crippen LogP contribution in [0.4, 0.5) is 10.2 Å². The van der Waals surface area contributed by atoms with Crippen molar-refractivity contribution in [3.63, 3.8) is 0 Å². The first kappa shape index (κ1) is 26.4. The number of aliphatic carboxylic acids is 1. The van der Waals surface area contributed by atoms with Gasteiger partial charge in [-0.25, -0.2) is 14.2 Å². The number of nitrogens with zero attached hydrogens (tertiary/aromatic N) is 4. The second-order valence-electron chi connectivity index (χ2n) is 12.3. The van der Waals surface area contributed by atoms with Gasteiger partial charge in [0.05, 0.1) is 16.9 Å². The van der Waals surface area contributed by atoms with E-state index in [0.29, 0.717) is 22.3 Å². The highest BCUT2D eigenvalue weighted by atomic mass is 19.1. The summed E-state index contributed by atoms with van der Waals surface area (Å²) in [6.07, 6.45) is 3.54. The van der Waals surface area contributed by atoms with Gasteiger partial charge in [0, 0.05) is 30.4 Å². The minimum absolute atomic E-state index is 0.273. The Morgan fingerprint density at radius 2 is 1.68 bits per heavy atom. The number of aromatic nitrogens is 3. The number of carbonyl (C=O) groups is 1. The second-order valence-corrected chi connectivity index (χ2v) is 12.3. The molecule has 2 aromatic heterocycles. The highest BCUT2D eigenvalue weighted by molar-refractivity contribution is 5.79. The Kier molecular flexibility index (Phi) is 6.41. The number of fused-ring (bicyclic) bond motifs is 1. The molecule has 40 heavy (non-hydrogen) atoms. The normalized spacial score (nSPS) is 17.4. The molecular weight excluding hydrogens is 507 g/mol. The van der Waals surface area contributed by atoms with Gasteiger partial charge in [-0.05, 0) is 88.1 Å². The Morgan fingerprint density at radius 3 is 2.30 bits per heavy atom. The Morgan fingerprint density at radius 1 is 1.00 bits per heavy atom. The number of hydrogen-bond acceptors (Lipinski definition) is 5. The summed E-state index contributed by atoms with van der Waals surface area (Å²) in [6, 6.07) is 16.3. The van der Waals surface area contributed by atoms with Crippen LogP contribution in [-0.2, 0) is 9.53 Å². The Bertz CT molecular complexity index is 1570. The highest BCUT2D eigenvalue weighted by Gasteiger charge is 2.45. The summed E-state index contributed by atoms with van der Waals surface area (Å²) >= 11 is 0. The van der Waals surface area contributed by atoms with Crippen molar-refractivity contribution in [3.8, 4) is 22.4 Å². The summed E-state index contributed by atoms with van der Waals surface area (Å²) in [5.74, 6) is -0.573. The number of hydrogen-bond donors (Lipinski definition) is 1. The molecule has 1 atom stereocenters. The van der Waals surface area contributed by atoms with E-state index < -0.39 is 17.7 Å². The predicted molar refractivity (Wildman–Crippen MR) is 153 cm³/mol. The number of carboxylic acids is 1. The molecule has 1 saturated carbocycles. The maximum absolute atomic E-state index is 13.5. The Hall–Kier alpha value is -3.78. The van der Waals surface area contributed by atoms with Gasteiger partial charge < -0.3 is 14.7 Å². The molecule has 1 saturated heterocycles. The van der Waals surface area contributed by atoms with Crippen LogP contribution in [0.5, 0.6) is 0 Å². The van der Waals surface area contributed by atoms with Crippen LogP contribution < -0.4 is 4.90 Å². The van der Waals surface area contributed by atoms with Crippen molar-refractivity contribution < 1.29 is 19.0 Å². The van der Waals surface area contributed by atoms with Gasteiger partial charge in [0.2, 0.25) is 0 Å². The summed E-state index contributed by atoms with van der Waals surface area (Å²) in [5, 5.41) is 15.3. The molecule has 3 heterocycles. The number of ether oxygens (including phenoxy) is 1. The number of rotatable bonds is 6. The van der Waals surface area contributed by atoms with Crippen molar-refractivity contribution in [2.24, 2.45) is 5.41 Å². The van der Waals surface area contributed by atoms with Crippen molar-refractivity contribution in [3.05, 3.63) is 71.7 Å². The lowest BCUT2D eigenvalue weighted by Crippen LogP contribution is -2.38. The van der Waals surface area contributed by atoms with Gasteiger partial charge in [0.1, 0.15) is 11.6 Å². The summed E-state index contributed by atoms with van der Waals surface area (Å²) in [6.45, 7) is 9.12. The van der Waals surface area contributed by atoms with Gasteiger partial charge >= 0.3 is 5.97 Å². The number of carboxylic acid groups (broad SMARTS) is 1. The molecule has 208 valence electrons. The van der Waals surface area contributed by atoms with Crippen LogP contribution in [-0.4, -0.2) is 44.4 Å². The van der Waals surface area contributed by atoms with E-state index in [0.717, 1.165) is 54.1 Å². The van der Waals surface area contributed by atoms with Crippen LogP contribution in [0.3, 0.4) is 0 Å². The number of aryl methyl sites for hydroxylation is 1. The molecule has 1 aliphatic carbocycles. The first-order chi connectivity index (χ1) is 19.0. The maximum Gasteiger partial charge on any atom is 0.337 e. The third-order valence-electron chi connectivity index (χ3n) is 8.18. The van der Waals surface area contributed by atoms with Crippen molar-refractivity contribution in [1.29, 1.82) is 0 Å². The molecule has 1 aliphatic heterocycles. The fourth-order valence-corrected chi connectivity index (χ4v) is 5.82. The molecule has 2 aliphatic rings. The molecular formula is C32H35FN4O3. The molecule has 8 heteroatoms. The van der Waals surface area contributed by atoms with E-state index in [2.05, 4.69) is 4.90 Å². The van der Waals surface area contributed by atoms with Crippen LogP contribution in [0.25, 0.3) is 28.0 Å². The fourth-order valence-electron chi connectivity index (χ4n) is 5.82. The predicted octanol–water partition coefficient (Wildman–Crippen LogP) is 6.83. The lowest BCUT2D eigenvalue weighted by Gasteiger charge is -2.36. The second kappa shape index (κ2) is 9.70. The van der Waals surface area contributed by atoms with Gasteiger partial charge in [-0.2, -0.15) is 9.61 Å². The third-order valence-corrected chi connectivity index (χ3v) is 8.18. The lowest BCUT2D eigenvalue weighted by molar-refractivity contribution is -0.160. The van der Waals surface area contributed by atoms with E-state index in [1.807, 2.05) is 58.0 Å². The fraction of sp³-hybridized carbons (Fsp3) is 0.406. The maximum atomic E-state index is 13.5. The van der Waals surface area contributed by atoms with Gasteiger partial charge in [-0.1, -0.05) is 30.3 Å². The highest BCUT2D eigenvalue weighted by Crippen LogP contribution is 2.54. The average Bonchev–Trinajstić information content (AvgIpc) is 3.53. The molecule has 6 rings (SSSR count). The largest absolute Gasteiger partial charge is 0.479 e. The van der Waals surface area contributed by atoms with E-state index in [1.54, 1.807) is 16.6 Å². The number of anilines is 1. The standard InChI is InChI=1S/C32H35FN4O3/c1-20-27(28(30(38)39)40-31(2,3)4)29(36-16-14-32(12-13-32)15-17-36)37-26(34-20)19-25(35-37)23-7-5-6-22(18-23)21-8-10-24(33)11-9-21/h5-11,18-19,28H,12-17H2,1-4H3,(H,38,39)/t28-/m0/s1. The summed E-state index contributed by atoms with van der Waals surface area (Å²) in [7, 11) is 0. The molecule has 2 aromatic carbocycles. The first-order valence-corrected chi connectivity index (χ1v) is 13.9. The van der Waals surface area contributed by atoms with E-state index in [1.165, 1.54) is 25.0 Å². The SMILES string of the molecule is Cc1nc2cc(-c3cccc(-c4ccc(F)cc4)c3)nn2c(N2CCC3(CC2)CC3)c1[C@H](OC(C)(C)C)C(=O)O. The van der Waals surface area contributed by atoms with Gasteiger partial charge in [-0.15, -0.1) is 0 Å². The van der Waals surface area contributed by atoms with E-state index in [9.17, 15) is 14.3 Å². The number of benzene rings is 2. The van der Waals surface area contributed by atoms with E-state index >= 15 is 0 Å². The van der Waals surface area contributed by atoms with Gasteiger partial charge in [-0.3, -0.25) is 0 Å². The number of piperidine rings is 1. The average molecular weight is 543 g/mol. The molecule has 2 fully saturated rings.